The van der Waals surface area contributed by atoms with E-state index in [9.17, 15) is 9.59 Å². The first-order valence-corrected chi connectivity index (χ1v) is 4.00. The number of nitrogens with two attached hydrogens (primary N) is 1. The monoisotopic (exact) mass is 269 g/mol. The number of carbonyl (C=O) groups excluding carboxylic acids is 1. The van der Waals surface area contributed by atoms with E-state index in [2.05, 4.69) is 0 Å². The number of benzene rings is 1. The fourth-order valence-corrected chi connectivity index (χ4v) is 1.24. The van der Waals surface area contributed by atoms with Crippen molar-refractivity contribution in [2.24, 2.45) is 5.73 Å². The lowest BCUT2D eigenvalue weighted by molar-refractivity contribution is 0.100. The third kappa shape index (κ3) is 2.07. The molecule has 0 saturated carbocycles. The Kier molecular flexibility index (Phi) is 3.26. The number of hydrogen-bond donors (Lipinski definition) is 1. The van der Waals surface area contributed by atoms with E-state index in [4.69, 9.17) is 10.2 Å². The summed E-state index contributed by atoms with van der Waals surface area (Å²) in [4.78, 5) is 22.2. The molecule has 15 heavy (non-hydrogen) atoms. The first kappa shape index (κ1) is 11.5. The van der Waals surface area contributed by atoms with Crippen molar-refractivity contribution in [3.8, 4) is 0 Å². The van der Waals surface area contributed by atoms with Crippen LogP contribution in [0.25, 0.3) is 11.0 Å². The molecule has 78 valence electrons. The quantitative estimate of drug-likeness (QED) is 0.852. The molecule has 0 bridgehead atoms. The lowest BCUT2D eigenvalue weighted by Gasteiger charge is -1.97. The van der Waals surface area contributed by atoms with Crippen molar-refractivity contribution in [2.75, 3.05) is 0 Å². The van der Waals surface area contributed by atoms with Crippen LogP contribution in [0.2, 0.25) is 0 Å². The van der Waals surface area contributed by atoms with Gasteiger partial charge >= 0.3 is 0 Å². The third-order valence-corrected chi connectivity index (χ3v) is 1.94. The van der Waals surface area contributed by atoms with E-state index in [0.717, 1.165) is 0 Å². The van der Waals surface area contributed by atoms with Gasteiger partial charge in [-0.3, -0.25) is 9.59 Å². The Balaban J connectivity index is 0.00000112. The minimum atomic E-state index is -0.560. The Morgan fingerprint density at radius 2 is 2.00 bits per heavy atom. The van der Waals surface area contributed by atoms with Crippen molar-refractivity contribution in [3.05, 3.63) is 46.3 Å². The molecule has 1 amide bonds. The van der Waals surface area contributed by atoms with Gasteiger partial charge in [0.15, 0.2) is 5.43 Å². The summed E-state index contributed by atoms with van der Waals surface area (Å²) in [5.41, 5.74) is 5.65. The normalized spacial score (nSPS) is 9.60. The molecule has 0 aliphatic carbocycles. The molecule has 1 heterocycles. The lowest BCUT2D eigenvalue weighted by atomic mass is 10.1. The van der Waals surface area contributed by atoms with Crippen LogP contribution in [0.15, 0.2) is 39.7 Å². The van der Waals surface area contributed by atoms with Crippen molar-refractivity contribution in [3.63, 3.8) is 0 Å². The molecule has 0 spiro atoms. The Morgan fingerprint density at radius 1 is 1.27 bits per heavy atom. The van der Waals surface area contributed by atoms with E-state index in [1.165, 1.54) is 24.5 Å². The summed E-state index contributed by atoms with van der Waals surface area (Å²) in [6, 6.07) is 5.81. The third-order valence-electron chi connectivity index (χ3n) is 1.94. The molecule has 2 aromatic rings. The minimum absolute atomic E-state index is 0. The first-order valence-electron chi connectivity index (χ1n) is 4.00. The Bertz CT molecular complexity index is 562. The van der Waals surface area contributed by atoms with Crippen LogP contribution in [-0.4, -0.2) is 5.91 Å². The van der Waals surface area contributed by atoms with Gasteiger partial charge in [-0.1, -0.05) is 0 Å². The van der Waals surface area contributed by atoms with Gasteiger partial charge in [0.05, 0.1) is 11.6 Å². The molecule has 0 radical (unpaired) electrons. The van der Waals surface area contributed by atoms with Crippen LogP contribution in [0.5, 0.6) is 0 Å². The van der Waals surface area contributed by atoms with E-state index >= 15 is 0 Å². The number of fused-ring (bicyclic) bond motifs is 1. The van der Waals surface area contributed by atoms with Crippen LogP contribution >= 0.6 is 17.0 Å². The maximum atomic E-state index is 11.3. The van der Waals surface area contributed by atoms with Crippen LogP contribution in [0.3, 0.4) is 0 Å². The van der Waals surface area contributed by atoms with Gasteiger partial charge in [0.2, 0.25) is 5.91 Å². The van der Waals surface area contributed by atoms with E-state index in [1.807, 2.05) is 0 Å². The predicted molar refractivity (Wildman–Crippen MR) is 61.3 cm³/mol. The number of halogens is 1. The lowest BCUT2D eigenvalue weighted by Crippen LogP contribution is -2.11. The summed E-state index contributed by atoms with van der Waals surface area (Å²) in [6.07, 6.45) is 1.31. The highest BCUT2D eigenvalue weighted by molar-refractivity contribution is 8.93. The molecule has 0 saturated heterocycles. The predicted octanol–water partition coefficient (Wildman–Crippen LogP) is 1.47. The maximum Gasteiger partial charge on any atom is 0.248 e. The van der Waals surface area contributed by atoms with Gasteiger partial charge in [0.1, 0.15) is 5.58 Å². The molecule has 0 aliphatic heterocycles. The van der Waals surface area contributed by atoms with Crippen molar-refractivity contribution in [2.45, 2.75) is 0 Å². The molecule has 2 N–H and O–H groups in total. The highest BCUT2D eigenvalue weighted by Crippen LogP contribution is 2.11. The summed E-state index contributed by atoms with van der Waals surface area (Å²) < 4.78 is 5.08. The van der Waals surface area contributed by atoms with Crippen molar-refractivity contribution >= 4 is 33.9 Å². The Labute approximate surface area is 95.5 Å². The van der Waals surface area contributed by atoms with Crippen LogP contribution in [0, 0.1) is 0 Å². The van der Waals surface area contributed by atoms with E-state index in [0.29, 0.717) is 16.5 Å². The highest BCUT2D eigenvalue weighted by Gasteiger charge is 2.04. The van der Waals surface area contributed by atoms with Gasteiger partial charge in [0, 0.05) is 11.6 Å². The second kappa shape index (κ2) is 4.27. The minimum Gasteiger partial charge on any atom is -0.464 e. The molecule has 0 unspecified atom stereocenters. The molecule has 0 aliphatic rings. The SMILES string of the molecule is Br.NC(=O)c1ccc2occc(=O)c2c1. The first-order chi connectivity index (χ1) is 6.68. The molecule has 5 heteroatoms. The van der Waals surface area contributed by atoms with Gasteiger partial charge in [-0.05, 0) is 18.2 Å². The van der Waals surface area contributed by atoms with Crippen molar-refractivity contribution in [1.29, 1.82) is 0 Å². The molecule has 1 aromatic heterocycles. The largest absolute Gasteiger partial charge is 0.464 e. The van der Waals surface area contributed by atoms with Gasteiger partial charge in [-0.25, -0.2) is 0 Å². The summed E-state index contributed by atoms with van der Waals surface area (Å²) in [6.45, 7) is 0. The number of rotatable bonds is 1. The summed E-state index contributed by atoms with van der Waals surface area (Å²) >= 11 is 0. The number of hydrogen-bond acceptors (Lipinski definition) is 3. The van der Waals surface area contributed by atoms with Gasteiger partial charge in [-0.2, -0.15) is 0 Å². The second-order valence-electron chi connectivity index (χ2n) is 2.86. The van der Waals surface area contributed by atoms with Gasteiger partial charge in [0.25, 0.3) is 0 Å². The smallest absolute Gasteiger partial charge is 0.248 e. The Morgan fingerprint density at radius 3 is 2.67 bits per heavy atom. The van der Waals surface area contributed by atoms with Crippen molar-refractivity contribution in [1.82, 2.24) is 0 Å². The average molecular weight is 270 g/mol. The maximum absolute atomic E-state index is 11.3. The number of amides is 1. The molecular formula is C10H8BrNO3. The number of carbonyl (C=O) groups is 1. The molecule has 0 fully saturated rings. The van der Waals surface area contributed by atoms with Crippen LogP contribution in [0.1, 0.15) is 10.4 Å². The second-order valence-corrected chi connectivity index (χ2v) is 2.86. The summed E-state index contributed by atoms with van der Waals surface area (Å²) in [5, 5.41) is 0.365. The Hall–Kier alpha value is -1.62. The van der Waals surface area contributed by atoms with Crippen LogP contribution in [-0.2, 0) is 0 Å². The molecule has 2 rings (SSSR count). The van der Waals surface area contributed by atoms with E-state index in [1.54, 1.807) is 6.07 Å². The fourth-order valence-electron chi connectivity index (χ4n) is 1.24. The zero-order valence-corrected chi connectivity index (χ0v) is 9.31. The molecule has 1 aromatic carbocycles. The number of primary amides is 1. The van der Waals surface area contributed by atoms with E-state index < -0.39 is 5.91 Å². The fraction of sp³-hybridized carbons (Fsp3) is 0. The molecule has 0 atom stereocenters. The summed E-state index contributed by atoms with van der Waals surface area (Å²) in [5.74, 6) is -0.560. The van der Waals surface area contributed by atoms with Crippen molar-refractivity contribution < 1.29 is 9.21 Å². The van der Waals surface area contributed by atoms with Gasteiger partial charge < -0.3 is 10.2 Å². The summed E-state index contributed by atoms with van der Waals surface area (Å²) in [7, 11) is 0. The zero-order valence-electron chi connectivity index (χ0n) is 7.60. The van der Waals surface area contributed by atoms with Crippen LogP contribution in [0.4, 0.5) is 0 Å². The van der Waals surface area contributed by atoms with E-state index in [-0.39, 0.29) is 22.4 Å². The highest BCUT2D eigenvalue weighted by atomic mass is 79.9. The molecule has 4 nitrogen and oxygen atoms in total. The average Bonchev–Trinajstić information content (AvgIpc) is 2.18. The molecular weight excluding hydrogens is 262 g/mol. The van der Waals surface area contributed by atoms with Gasteiger partial charge in [-0.15, -0.1) is 17.0 Å². The zero-order chi connectivity index (χ0) is 10.1. The van der Waals surface area contributed by atoms with Crippen LogP contribution < -0.4 is 11.2 Å². The standard InChI is InChI=1S/C10H7NO3.BrH/c11-10(13)6-1-2-9-7(5-6)8(12)3-4-14-9;/h1-5H,(H2,11,13);1H. The topological polar surface area (TPSA) is 73.3 Å².